The lowest BCUT2D eigenvalue weighted by atomic mass is 10.1. The Bertz CT molecular complexity index is 511. The first kappa shape index (κ1) is 16.5. The van der Waals surface area contributed by atoms with Crippen LogP contribution in [-0.2, 0) is 17.6 Å². The predicted molar refractivity (Wildman–Crippen MR) is 87.5 cm³/mol. The number of halogens is 1. The second-order valence-corrected chi connectivity index (χ2v) is 5.45. The van der Waals surface area contributed by atoms with Crippen molar-refractivity contribution in [3.05, 3.63) is 52.2 Å². The van der Waals surface area contributed by atoms with Crippen LogP contribution in [0.5, 0.6) is 0 Å². The number of carbonyl (C=O) groups excluding carboxylic acids is 1. The van der Waals surface area contributed by atoms with Crippen LogP contribution in [0.25, 0.3) is 0 Å². The molecule has 0 fully saturated rings. The Morgan fingerprint density at radius 1 is 1.15 bits per heavy atom. The third-order valence-electron chi connectivity index (χ3n) is 2.89. The molecule has 1 amide bonds. The molecule has 0 aliphatic heterocycles. The standard InChI is InChI=1S/C15H18N2OS.ClH/c16-13-5-3-12(4-6-13)9-10-17-15(18)8-7-14-2-1-11-19-14;/h1-6,11H,7-10,16H2,(H,17,18);1H. The van der Waals surface area contributed by atoms with Crippen LogP contribution in [0.1, 0.15) is 16.9 Å². The van der Waals surface area contributed by atoms with Crippen LogP contribution in [0.2, 0.25) is 0 Å². The number of carbonyl (C=O) groups is 1. The topological polar surface area (TPSA) is 55.1 Å². The number of anilines is 1. The summed E-state index contributed by atoms with van der Waals surface area (Å²) >= 11 is 1.70. The van der Waals surface area contributed by atoms with Crippen LogP contribution in [-0.4, -0.2) is 12.5 Å². The van der Waals surface area contributed by atoms with Crippen molar-refractivity contribution in [1.82, 2.24) is 5.32 Å². The molecule has 3 nitrogen and oxygen atoms in total. The third kappa shape index (κ3) is 5.63. The van der Waals surface area contributed by atoms with E-state index in [1.807, 2.05) is 35.7 Å². The first-order valence-corrected chi connectivity index (χ1v) is 7.25. The minimum absolute atomic E-state index is 0. The zero-order valence-corrected chi connectivity index (χ0v) is 12.8. The predicted octanol–water partition coefficient (Wildman–Crippen LogP) is 3.04. The molecule has 0 unspecified atom stereocenters. The molecule has 0 saturated heterocycles. The van der Waals surface area contributed by atoms with Gasteiger partial charge in [-0.2, -0.15) is 0 Å². The molecular formula is C15H19ClN2OS. The van der Waals surface area contributed by atoms with Gasteiger partial charge in [0.1, 0.15) is 0 Å². The van der Waals surface area contributed by atoms with Gasteiger partial charge in [0.05, 0.1) is 0 Å². The van der Waals surface area contributed by atoms with Crippen LogP contribution in [0.3, 0.4) is 0 Å². The maximum absolute atomic E-state index is 11.7. The highest BCUT2D eigenvalue weighted by molar-refractivity contribution is 7.09. The average Bonchev–Trinajstić information content (AvgIpc) is 2.92. The normalized spacial score (nSPS) is 9.80. The minimum atomic E-state index is 0. The Hall–Kier alpha value is -1.52. The minimum Gasteiger partial charge on any atom is -0.399 e. The van der Waals surface area contributed by atoms with Gasteiger partial charge in [-0.05, 0) is 42.0 Å². The van der Waals surface area contributed by atoms with Gasteiger partial charge < -0.3 is 11.1 Å². The molecule has 3 N–H and O–H groups in total. The molecule has 20 heavy (non-hydrogen) atoms. The summed E-state index contributed by atoms with van der Waals surface area (Å²) in [6.45, 7) is 0.674. The summed E-state index contributed by atoms with van der Waals surface area (Å²) in [6, 6.07) is 11.8. The van der Waals surface area contributed by atoms with Crippen molar-refractivity contribution in [2.75, 3.05) is 12.3 Å². The number of hydrogen-bond acceptors (Lipinski definition) is 3. The van der Waals surface area contributed by atoms with Crippen LogP contribution in [0.4, 0.5) is 5.69 Å². The van der Waals surface area contributed by atoms with Crippen molar-refractivity contribution in [2.45, 2.75) is 19.3 Å². The first-order chi connectivity index (χ1) is 9.24. The largest absolute Gasteiger partial charge is 0.399 e. The number of benzene rings is 1. The molecule has 1 heterocycles. The summed E-state index contributed by atoms with van der Waals surface area (Å²) in [4.78, 5) is 12.9. The molecule has 5 heteroatoms. The number of nitrogens with two attached hydrogens (primary N) is 1. The molecule has 2 rings (SSSR count). The molecule has 0 radical (unpaired) electrons. The molecule has 0 bridgehead atoms. The van der Waals surface area contributed by atoms with E-state index in [0.29, 0.717) is 13.0 Å². The van der Waals surface area contributed by atoms with Gasteiger partial charge >= 0.3 is 0 Å². The number of hydrogen-bond donors (Lipinski definition) is 2. The second kappa shape index (κ2) is 8.61. The van der Waals surface area contributed by atoms with Crippen molar-refractivity contribution in [3.8, 4) is 0 Å². The highest BCUT2D eigenvalue weighted by Gasteiger charge is 2.02. The third-order valence-corrected chi connectivity index (χ3v) is 3.83. The zero-order chi connectivity index (χ0) is 13.5. The Labute approximate surface area is 129 Å². The van der Waals surface area contributed by atoms with Gasteiger partial charge in [0.15, 0.2) is 0 Å². The molecule has 1 aromatic carbocycles. The van der Waals surface area contributed by atoms with E-state index in [1.165, 1.54) is 10.4 Å². The highest BCUT2D eigenvalue weighted by Crippen LogP contribution is 2.10. The fourth-order valence-corrected chi connectivity index (χ4v) is 2.52. The number of nitrogen functional groups attached to an aromatic ring is 1. The molecule has 2 aromatic rings. The zero-order valence-electron chi connectivity index (χ0n) is 11.2. The number of aryl methyl sites for hydroxylation is 1. The lowest BCUT2D eigenvalue weighted by Gasteiger charge is -2.05. The van der Waals surface area contributed by atoms with E-state index in [-0.39, 0.29) is 18.3 Å². The Balaban J connectivity index is 0.00000200. The Morgan fingerprint density at radius 3 is 2.55 bits per heavy atom. The summed E-state index contributed by atoms with van der Waals surface area (Å²) in [5.41, 5.74) is 7.58. The Kier molecular flexibility index (Phi) is 7.12. The van der Waals surface area contributed by atoms with Crippen LogP contribution in [0.15, 0.2) is 41.8 Å². The maximum Gasteiger partial charge on any atom is 0.220 e. The van der Waals surface area contributed by atoms with Gasteiger partial charge in [-0.1, -0.05) is 18.2 Å². The molecule has 0 spiro atoms. The molecule has 0 atom stereocenters. The SMILES string of the molecule is Cl.Nc1ccc(CCNC(=O)CCc2cccs2)cc1. The van der Waals surface area contributed by atoms with Crippen molar-refractivity contribution in [1.29, 1.82) is 0 Å². The van der Waals surface area contributed by atoms with Gasteiger partial charge in [0.2, 0.25) is 5.91 Å². The maximum atomic E-state index is 11.7. The number of thiophene rings is 1. The van der Waals surface area contributed by atoms with E-state index in [0.717, 1.165) is 18.5 Å². The average molecular weight is 311 g/mol. The molecule has 0 aliphatic rings. The molecular weight excluding hydrogens is 292 g/mol. The summed E-state index contributed by atoms with van der Waals surface area (Å²) in [7, 11) is 0. The number of amides is 1. The summed E-state index contributed by atoms with van der Waals surface area (Å²) in [5, 5.41) is 4.98. The van der Waals surface area contributed by atoms with E-state index >= 15 is 0 Å². The molecule has 108 valence electrons. The van der Waals surface area contributed by atoms with Crippen molar-refractivity contribution >= 4 is 35.3 Å². The number of nitrogens with one attached hydrogen (secondary N) is 1. The van der Waals surface area contributed by atoms with Crippen LogP contribution < -0.4 is 11.1 Å². The van der Waals surface area contributed by atoms with E-state index in [4.69, 9.17) is 5.73 Å². The lowest BCUT2D eigenvalue weighted by molar-refractivity contribution is -0.121. The number of rotatable bonds is 6. The van der Waals surface area contributed by atoms with Gasteiger partial charge in [0.25, 0.3) is 0 Å². The van der Waals surface area contributed by atoms with Gasteiger partial charge in [-0.15, -0.1) is 23.7 Å². The Morgan fingerprint density at radius 2 is 1.90 bits per heavy atom. The summed E-state index contributed by atoms with van der Waals surface area (Å²) in [6.07, 6.45) is 2.22. The van der Waals surface area contributed by atoms with Gasteiger partial charge in [-0.3, -0.25) is 4.79 Å². The van der Waals surface area contributed by atoms with Crippen molar-refractivity contribution < 1.29 is 4.79 Å². The first-order valence-electron chi connectivity index (χ1n) is 6.37. The second-order valence-electron chi connectivity index (χ2n) is 4.42. The molecule has 1 aromatic heterocycles. The fourth-order valence-electron chi connectivity index (χ4n) is 1.81. The molecule has 0 aliphatic carbocycles. The van der Waals surface area contributed by atoms with E-state index < -0.39 is 0 Å². The van der Waals surface area contributed by atoms with E-state index in [2.05, 4.69) is 11.4 Å². The van der Waals surface area contributed by atoms with E-state index in [9.17, 15) is 4.79 Å². The molecule has 0 saturated carbocycles. The smallest absolute Gasteiger partial charge is 0.220 e. The van der Waals surface area contributed by atoms with Crippen LogP contribution >= 0.6 is 23.7 Å². The monoisotopic (exact) mass is 310 g/mol. The highest BCUT2D eigenvalue weighted by atomic mass is 35.5. The van der Waals surface area contributed by atoms with Crippen molar-refractivity contribution in [2.24, 2.45) is 0 Å². The lowest BCUT2D eigenvalue weighted by Crippen LogP contribution is -2.25. The van der Waals surface area contributed by atoms with Crippen molar-refractivity contribution in [3.63, 3.8) is 0 Å². The van der Waals surface area contributed by atoms with E-state index in [1.54, 1.807) is 11.3 Å². The summed E-state index contributed by atoms with van der Waals surface area (Å²) in [5.74, 6) is 0.115. The van der Waals surface area contributed by atoms with Gasteiger partial charge in [0, 0.05) is 23.5 Å². The van der Waals surface area contributed by atoms with Gasteiger partial charge in [-0.25, -0.2) is 0 Å². The summed E-state index contributed by atoms with van der Waals surface area (Å²) < 4.78 is 0. The fraction of sp³-hybridized carbons (Fsp3) is 0.267. The van der Waals surface area contributed by atoms with Crippen LogP contribution in [0, 0.1) is 0 Å². The quantitative estimate of drug-likeness (QED) is 0.806.